The number of urea groups is 1. The standard InChI is InChI=1S/C11H13BrN2O2/c1-16-10-6-7(12)2-5-9(10)14-11(15)13-8-3-4-8/h2,5-6,8H,3-4H2,1H3,(H2,13,14,15). The van der Waals surface area contributed by atoms with Crippen molar-refractivity contribution >= 4 is 27.6 Å². The van der Waals surface area contributed by atoms with Crippen LogP contribution in [0.1, 0.15) is 12.8 Å². The fourth-order valence-corrected chi connectivity index (χ4v) is 1.68. The minimum Gasteiger partial charge on any atom is -0.495 e. The van der Waals surface area contributed by atoms with Crippen LogP contribution in [0.4, 0.5) is 10.5 Å². The first-order valence-corrected chi connectivity index (χ1v) is 5.89. The van der Waals surface area contributed by atoms with E-state index < -0.39 is 0 Å². The Balaban J connectivity index is 2.04. The van der Waals surface area contributed by atoms with Gasteiger partial charge >= 0.3 is 6.03 Å². The van der Waals surface area contributed by atoms with Crippen molar-refractivity contribution < 1.29 is 9.53 Å². The summed E-state index contributed by atoms with van der Waals surface area (Å²) in [5, 5.41) is 5.62. The van der Waals surface area contributed by atoms with Gasteiger partial charge in [0.25, 0.3) is 0 Å². The first-order chi connectivity index (χ1) is 7.69. The van der Waals surface area contributed by atoms with Crippen molar-refractivity contribution in [3.8, 4) is 5.75 Å². The zero-order chi connectivity index (χ0) is 11.5. The molecule has 86 valence electrons. The van der Waals surface area contributed by atoms with Gasteiger partial charge in [-0.25, -0.2) is 4.79 Å². The van der Waals surface area contributed by atoms with Crippen LogP contribution in [0.25, 0.3) is 0 Å². The highest BCUT2D eigenvalue weighted by atomic mass is 79.9. The number of amides is 2. The maximum absolute atomic E-state index is 11.5. The quantitative estimate of drug-likeness (QED) is 0.897. The highest BCUT2D eigenvalue weighted by molar-refractivity contribution is 9.10. The zero-order valence-electron chi connectivity index (χ0n) is 8.92. The number of anilines is 1. The molecule has 1 saturated carbocycles. The van der Waals surface area contributed by atoms with Gasteiger partial charge in [-0.1, -0.05) is 15.9 Å². The molecule has 1 aliphatic carbocycles. The van der Waals surface area contributed by atoms with Gasteiger partial charge in [-0.2, -0.15) is 0 Å². The number of carbonyl (C=O) groups is 1. The number of benzene rings is 1. The summed E-state index contributed by atoms with van der Waals surface area (Å²) in [6.07, 6.45) is 2.15. The lowest BCUT2D eigenvalue weighted by Gasteiger charge is -2.11. The first-order valence-electron chi connectivity index (χ1n) is 5.10. The Kier molecular flexibility index (Phi) is 3.33. The molecule has 16 heavy (non-hydrogen) atoms. The van der Waals surface area contributed by atoms with Crippen LogP contribution in [-0.4, -0.2) is 19.2 Å². The number of rotatable bonds is 3. The van der Waals surface area contributed by atoms with Crippen LogP contribution in [0.15, 0.2) is 22.7 Å². The van der Waals surface area contributed by atoms with Gasteiger partial charge in [0.05, 0.1) is 12.8 Å². The number of hydrogen-bond donors (Lipinski definition) is 2. The van der Waals surface area contributed by atoms with E-state index in [0.717, 1.165) is 17.3 Å². The van der Waals surface area contributed by atoms with E-state index >= 15 is 0 Å². The third-order valence-corrected chi connectivity index (χ3v) is 2.82. The Hall–Kier alpha value is -1.23. The maximum atomic E-state index is 11.5. The van der Waals surface area contributed by atoms with Crippen LogP contribution < -0.4 is 15.4 Å². The summed E-state index contributed by atoms with van der Waals surface area (Å²) < 4.78 is 6.09. The highest BCUT2D eigenvalue weighted by Gasteiger charge is 2.23. The molecule has 0 aromatic heterocycles. The van der Waals surface area contributed by atoms with Crippen molar-refractivity contribution in [2.45, 2.75) is 18.9 Å². The highest BCUT2D eigenvalue weighted by Crippen LogP contribution is 2.28. The Bertz CT molecular complexity index is 405. The van der Waals surface area contributed by atoms with Crippen molar-refractivity contribution in [2.24, 2.45) is 0 Å². The van der Waals surface area contributed by atoms with Crippen molar-refractivity contribution in [2.75, 3.05) is 12.4 Å². The number of hydrogen-bond acceptors (Lipinski definition) is 2. The van der Waals surface area contributed by atoms with Crippen molar-refractivity contribution in [1.82, 2.24) is 5.32 Å². The number of ether oxygens (including phenoxy) is 1. The average Bonchev–Trinajstić information content (AvgIpc) is 3.04. The monoisotopic (exact) mass is 284 g/mol. The number of nitrogens with one attached hydrogen (secondary N) is 2. The van der Waals surface area contributed by atoms with E-state index in [1.54, 1.807) is 13.2 Å². The van der Waals surface area contributed by atoms with Gasteiger partial charge in [0, 0.05) is 10.5 Å². The third-order valence-electron chi connectivity index (χ3n) is 2.32. The molecule has 0 spiro atoms. The normalized spacial score (nSPS) is 14.4. The Morgan fingerprint density at radius 3 is 2.88 bits per heavy atom. The second-order valence-electron chi connectivity index (χ2n) is 3.72. The van der Waals surface area contributed by atoms with Gasteiger partial charge in [0.2, 0.25) is 0 Å². The Morgan fingerprint density at radius 2 is 2.25 bits per heavy atom. The van der Waals surface area contributed by atoms with E-state index in [-0.39, 0.29) is 6.03 Å². The van der Waals surface area contributed by atoms with Crippen molar-refractivity contribution in [3.63, 3.8) is 0 Å². The van der Waals surface area contributed by atoms with E-state index in [1.165, 1.54) is 0 Å². The van der Waals surface area contributed by atoms with E-state index in [9.17, 15) is 4.79 Å². The molecule has 4 nitrogen and oxygen atoms in total. The van der Waals surface area contributed by atoms with Crippen LogP contribution in [0.2, 0.25) is 0 Å². The number of halogens is 1. The minimum absolute atomic E-state index is 0.178. The van der Waals surface area contributed by atoms with E-state index in [4.69, 9.17) is 4.74 Å². The molecule has 0 aliphatic heterocycles. The molecule has 0 heterocycles. The molecule has 0 unspecified atom stereocenters. The second kappa shape index (κ2) is 4.74. The predicted octanol–water partition coefficient (Wildman–Crippen LogP) is 2.74. The zero-order valence-corrected chi connectivity index (χ0v) is 10.5. The van der Waals surface area contributed by atoms with Gasteiger partial charge in [-0.15, -0.1) is 0 Å². The molecule has 0 radical (unpaired) electrons. The molecule has 0 saturated heterocycles. The molecule has 1 aliphatic rings. The van der Waals surface area contributed by atoms with Crippen LogP contribution in [0.5, 0.6) is 5.75 Å². The molecular weight excluding hydrogens is 272 g/mol. The fraction of sp³-hybridized carbons (Fsp3) is 0.364. The fourth-order valence-electron chi connectivity index (χ4n) is 1.34. The molecule has 0 bridgehead atoms. The van der Waals surface area contributed by atoms with Crippen molar-refractivity contribution in [3.05, 3.63) is 22.7 Å². The molecule has 1 fully saturated rings. The van der Waals surface area contributed by atoms with Gasteiger partial charge < -0.3 is 15.4 Å². The van der Waals surface area contributed by atoms with Crippen molar-refractivity contribution in [1.29, 1.82) is 0 Å². The van der Waals surface area contributed by atoms with Crippen LogP contribution in [0.3, 0.4) is 0 Å². The average molecular weight is 285 g/mol. The van der Waals surface area contributed by atoms with E-state index in [2.05, 4.69) is 26.6 Å². The SMILES string of the molecule is COc1cc(Br)ccc1NC(=O)NC1CC1. The molecule has 1 aromatic rings. The van der Waals surface area contributed by atoms with E-state index in [1.807, 2.05) is 12.1 Å². The molecule has 2 N–H and O–H groups in total. The van der Waals surface area contributed by atoms with Crippen LogP contribution >= 0.6 is 15.9 Å². The van der Waals surface area contributed by atoms with Gasteiger partial charge in [-0.3, -0.25) is 0 Å². The molecule has 0 atom stereocenters. The lowest BCUT2D eigenvalue weighted by atomic mass is 10.3. The maximum Gasteiger partial charge on any atom is 0.319 e. The van der Waals surface area contributed by atoms with E-state index in [0.29, 0.717) is 17.5 Å². The number of methoxy groups -OCH3 is 1. The predicted molar refractivity (Wildman–Crippen MR) is 65.9 cm³/mol. The summed E-state index contributed by atoms with van der Waals surface area (Å²) in [6.45, 7) is 0. The summed E-state index contributed by atoms with van der Waals surface area (Å²) in [6, 6.07) is 5.64. The van der Waals surface area contributed by atoms with Crippen LogP contribution in [0, 0.1) is 0 Å². The summed E-state index contributed by atoms with van der Waals surface area (Å²) >= 11 is 3.35. The smallest absolute Gasteiger partial charge is 0.319 e. The summed E-state index contributed by atoms with van der Waals surface area (Å²) in [5.74, 6) is 0.639. The lowest BCUT2D eigenvalue weighted by molar-refractivity contribution is 0.251. The van der Waals surface area contributed by atoms with Crippen LogP contribution in [-0.2, 0) is 0 Å². The largest absolute Gasteiger partial charge is 0.495 e. The lowest BCUT2D eigenvalue weighted by Crippen LogP contribution is -2.30. The summed E-state index contributed by atoms with van der Waals surface area (Å²) in [7, 11) is 1.58. The first kappa shape index (κ1) is 11.3. The Morgan fingerprint density at radius 1 is 1.50 bits per heavy atom. The van der Waals surface area contributed by atoms with Gasteiger partial charge in [0.1, 0.15) is 5.75 Å². The number of carbonyl (C=O) groups excluding carboxylic acids is 1. The van der Waals surface area contributed by atoms with Gasteiger partial charge in [-0.05, 0) is 31.0 Å². The van der Waals surface area contributed by atoms with Gasteiger partial charge in [0.15, 0.2) is 0 Å². The second-order valence-corrected chi connectivity index (χ2v) is 4.63. The molecule has 5 heteroatoms. The molecular formula is C11H13BrN2O2. The Labute approximate surface area is 102 Å². The molecule has 2 amide bonds. The molecule has 1 aromatic carbocycles. The minimum atomic E-state index is -0.178. The topological polar surface area (TPSA) is 50.4 Å². The summed E-state index contributed by atoms with van der Waals surface area (Å²) in [4.78, 5) is 11.5. The molecule has 2 rings (SSSR count). The summed E-state index contributed by atoms with van der Waals surface area (Å²) in [5.41, 5.74) is 0.670. The third kappa shape index (κ3) is 2.88.